The second-order valence-electron chi connectivity index (χ2n) is 6.11. The summed E-state index contributed by atoms with van der Waals surface area (Å²) in [5.74, 6) is -0.189. The summed E-state index contributed by atoms with van der Waals surface area (Å²) >= 11 is 0. The van der Waals surface area contributed by atoms with Gasteiger partial charge in [-0.3, -0.25) is 14.9 Å². The lowest BCUT2D eigenvalue weighted by Gasteiger charge is -2.15. The number of nitrogens with zero attached hydrogens (tertiary/aromatic N) is 2. The zero-order valence-corrected chi connectivity index (χ0v) is 16.4. The third kappa shape index (κ3) is 3.94. The molecule has 0 bridgehead atoms. The van der Waals surface area contributed by atoms with E-state index in [4.69, 9.17) is 18.9 Å². The summed E-state index contributed by atoms with van der Waals surface area (Å²) in [5.41, 5.74) is -0.309. The van der Waals surface area contributed by atoms with Crippen molar-refractivity contribution in [2.24, 2.45) is 0 Å². The van der Waals surface area contributed by atoms with Crippen molar-refractivity contribution in [2.45, 2.75) is 0 Å². The van der Waals surface area contributed by atoms with Crippen LogP contribution in [-0.2, 0) is 9.47 Å². The van der Waals surface area contributed by atoms with Gasteiger partial charge in [0, 0.05) is 36.9 Å². The molecule has 0 aliphatic rings. The maximum atomic E-state index is 12.8. The lowest BCUT2D eigenvalue weighted by molar-refractivity contribution is -0.384. The predicted molar refractivity (Wildman–Crippen MR) is 107 cm³/mol. The summed E-state index contributed by atoms with van der Waals surface area (Å²) in [6.45, 7) is -0.0133. The average Bonchev–Trinajstić information content (AvgIpc) is 2.76. The lowest BCUT2D eigenvalue weighted by atomic mass is 10.1. The Morgan fingerprint density at radius 1 is 1.10 bits per heavy atom. The quantitative estimate of drug-likeness (QED) is 0.251. The van der Waals surface area contributed by atoms with E-state index in [9.17, 15) is 19.7 Å². The number of methoxy groups -OCH3 is 3. The molecule has 0 aliphatic carbocycles. The number of carbonyl (C=O) groups excluding carboxylic acids is 1. The van der Waals surface area contributed by atoms with Crippen molar-refractivity contribution < 1.29 is 28.7 Å². The van der Waals surface area contributed by atoms with E-state index in [0.717, 1.165) is 7.11 Å². The van der Waals surface area contributed by atoms with Gasteiger partial charge in [-0.15, -0.1) is 0 Å². The number of aromatic nitrogens is 1. The molecule has 156 valence electrons. The number of benzene rings is 2. The Morgan fingerprint density at radius 2 is 1.87 bits per heavy atom. The molecule has 30 heavy (non-hydrogen) atoms. The van der Waals surface area contributed by atoms with E-state index in [2.05, 4.69) is 0 Å². The van der Waals surface area contributed by atoms with Crippen molar-refractivity contribution in [3.63, 3.8) is 0 Å². The Labute approximate surface area is 170 Å². The van der Waals surface area contributed by atoms with Crippen LogP contribution in [0.25, 0.3) is 16.6 Å². The first-order valence-electron chi connectivity index (χ1n) is 8.63. The van der Waals surface area contributed by atoms with Gasteiger partial charge >= 0.3 is 5.97 Å². The highest BCUT2D eigenvalue weighted by atomic mass is 16.7. The second-order valence-corrected chi connectivity index (χ2v) is 6.11. The van der Waals surface area contributed by atoms with Crippen LogP contribution in [0.1, 0.15) is 10.4 Å². The van der Waals surface area contributed by atoms with Crippen molar-refractivity contribution in [1.82, 2.24) is 4.57 Å². The first kappa shape index (κ1) is 20.8. The highest BCUT2D eigenvalue weighted by Gasteiger charge is 2.19. The second kappa shape index (κ2) is 8.62. The molecular weight excluding hydrogens is 396 g/mol. The molecule has 1 heterocycles. The molecule has 0 saturated heterocycles. The van der Waals surface area contributed by atoms with E-state index in [1.807, 2.05) is 0 Å². The number of hydrogen-bond donors (Lipinski definition) is 0. The number of pyridine rings is 1. The minimum Gasteiger partial charge on any atom is -0.496 e. The van der Waals surface area contributed by atoms with Crippen LogP contribution in [-0.4, -0.2) is 43.6 Å². The topological polar surface area (TPSA) is 119 Å². The maximum absolute atomic E-state index is 12.8. The van der Waals surface area contributed by atoms with Crippen molar-refractivity contribution in [3.8, 4) is 17.2 Å². The monoisotopic (exact) mass is 414 g/mol. The van der Waals surface area contributed by atoms with E-state index in [0.29, 0.717) is 17.0 Å². The molecule has 3 aromatic rings. The van der Waals surface area contributed by atoms with E-state index in [1.54, 1.807) is 18.2 Å². The molecule has 0 aliphatic heterocycles. The zero-order valence-electron chi connectivity index (χ0n) is 16.4. The summed E-state index contributed by atoms with van der Waals surface area (Å²) in [6.07, 6.45) is 1.27. The fraction of sp³-hybridized carbons (Fsp3) is 0.200. The van der Waals surface area contributed by atoms with Gasteiger partial charge in [0.2, 0.25) is 5.43 Å². The van der Waals surface area contributed by atoms with Gasteiger partial charge in [0.15, 0.2) is 6.79 Å². The maximum Gasteiger partial charge on any atom is 0.343 e. The highest BCUT2D eigenvalue weighted by molar-refractivity contribution is 5.94. The molecule has 0 amide bonds. The zero-order chi connectivity index (χ0) is 21.8. The molecular formula is C20H18N2O8. The molecule has 0 atom stereocenters. The van der Waals surface area contributed by atoms with Crippen LogP contribution in [0.2, 0.25) is 0 Å². The molecule has 1 aromatic heterocycles. The van der Waals surface area contributed by atoms with Gasteiger partial charge in [-0.2, -0.15) is 0 Å². The third-order valence-corrected chi connectivity index (χ3v) is 4.33. The highest BCUT2D eigenvalue weighted by Crippen LogP contribution is 2.28. The molecule has 0 radical (unpaired) electrons. The fourth-order valence-corrected chi connectivity index (χ4v) is 2.92. The number of nitro benzene ring substituents is 1. The summed E-state index contributed by atoms with van der Waals surface area (Å²) in [7, 11) is 4.01. The predicted octanol–water partition coefficient (Wildman–Crippen LogP) is 2.68. The van der Waals surface area contributed by atoms with E-state index >= 15 is 0 Å². The Bertz CT molecular complexity index is 1190. The molecule has 2 aromatic carbocycles. The smallest absolute Gasteiger partial charge is 0.343 e. The van der Waals surface area contributed by atoms with Gasteiger partial charge in [0.1, 0.15) is 17.1 Å². The third-order valence-electron chi connectivity index (χ3n) is 4.33. The van der Waals surface area contributed by atoms with Crippen molar-refractivity contribution in [2.75, 3.05) is 28.1 Å². The van der Waals surface area contributed by atoms with E-state index < -0.39 is 16.3 Å². The number of ether oxygens (including phenoxy) is 4. The van der Waals surface area contributed by atoms with Crippen LogP contribution in [0.4, 0.5) is 5.69 Å². The largest absolute Gasteiger partial charge is 0.496 e. The van der Waals surface area contributed by atoms with Crippen LogP contribution in [0.15, 0.2) is 47.4 Å². The summed E-state index contributed by atoms with van der Waals surface area (Å²) in [4.78, 5) is 35.8. The van der Waals surface area contributed by atoms with E-state index in [-0.39, 0.29) is 29.2 Å². The van der Waals surface area contributed by atoms with Crippen LogP contribution in [0, 0.1) is 10.1 Å². The molecule has 0 unspecified atom stereocenters. The number of esters is 1. The summed E-state index contributed by atoms with van der Waals surface area (Å²) in [5, 5.41) is 11.5. The SMILES string of the molecule is COCOc1ccc2c(=O)c(C(=O)OC)cn(-c3cc(OC)cc([N+](=O)[O-])c3)c2c1. The number of carbonyl (C=O) groups is 1. The van der Waals surface area contributed by atoms with Crippen molar-refractivity contribution >= 4 is 22.6 Å². The molecule has 3 rings (SSSR count). The molecule has 10 heteroatoms. The van der Waals surface area contributed by atoms with Gasteiger partial charge in [-0.05, 0) is 12.1 Å². The lowest BCUT2D eigenvalue weighted by Crippen LogP contribution is -2.19. The standard InChI is InChI=1S/C20H18N2O8/c1-27-11-30-14-4-5-16-18(9-14)21(10-17(19(16)23)20(24)29-3)12-6-13(22(25)26)8-15(7-12)28-2/h4-10H,11H2,1-3H3. The normalized spacial score (nSPS) is 10.6. The number of non-ortho nitro benzene ring substituents is 1. The fourth-order valence-electron chi connectivity index (χ4n) is 2.92. The first-order chi connectivity index (χ1) is 14.4. The number of fused-ring (bicyclic) bond motifs is 1. The molecule has 0 fully saturated rings. The van der Waals surface area contributed by atoms with Crippen LogP contribution < -0.4 is 14.9 Å². The first-order valence-corrected chi connectivity index (χ1v) is 8.63. The number of hydrogen-bond acceptors (Lipinski definition) is 8. The average molecular weight is 414 g/mol. The van der Waals surface area contributed by atoms with Gasteiger partial charge in [0.05, 0.1) is 36.4 Å². The van der Waals surface area contributed by atoms with Crippen molar-refractivity contribution in [3.05, 3.63) is 68.5 Å². The number of nitro groups is 1. The Balaban J connectivity index is 2.37. The summed E-state index contributed by atoms with van der Waals surface area (Å²) in [6, 6.07) is 8.74. The van der Waals surface area contributed by atoms with Gasteiger partial charge in [0.25, 0.3) is 5.69 Å². The van der Waals surface area contributed by atoms with Crippen LogP contribution in [0.5, 0.6) is 11.5 Å². The van der Waals surface area contributed by atoms with Gasteiger partial charge in [-0.1, -0.05) is 0 Å². The molecule has 0 spiro atoms. The summed E-state index contributed by atoms with van der Waals surface area (Å²) < 4.78 is 21.7. The molecule has 10 nitrogen and oxygen atoms in total. The van der Waals surface area contributed by atoms with Crippen LogP contribution >= 0.6 is 0 Å². The van der Waals surface area contributed by atoms with Gasteiger partial charge < -0.3 is 23.5 Å². The van der Waals surface area contributed by atoms with Crippen LogP contribution in [0.3, 0.4) is 0 Å². The molecule has 0 saturated carbocycles. The Hall–Kier alpha value is -3.92. The Morgan fingerprint density at radius 3 is 2.50 bits per heavy atom. The van der Waals surface area contributed by atoms with E-state index in [1.165, 1.54) is 43.2 Å². The Kier molecular flexibility index (Phi) is 5.98. The number of rotatable bonds is 7. The molecule has 0 N–H and O–H groups in total. The van der Waals surface area contributed by atoms with Gasteiger partial charge in [-0.25, -0.2) is 4.79 Å². The minimum absolute atomic E-state index is 0.0133. The minimum atomic E-state index is -0.826. The van der Waals surface area contributed by atoms with Crippen molar-refractivity contribution in [1.29, 1.82) is 0 Å².